The number of hydrogen-bond acceptors (Lipinski definition) is 4. The first-order valence-electron chi connectivity index (χ1n) is 10.4. The van der Waals surface area contributed by atoms with Crippen LogP contribution in [0.4, 0.5) is 0 Å². The summed E-state index contributed by atoms with van der Waals surface area (Å²) in [7, 11) is 0. The molecule has 4 aliphatic heterocycles. The molecule has 4 nitrogen and oxygen atoms in total. The van der Waals surface area contributed by atoms with Crippen molar-refractivity contribution in [3.05, 3.63) is 24.3 Å². The molecule has 5 rings (SSSR count). The molecule has 1 aliphatic carbocycles. The highest BCUT2D eigenvalue weighted by molar-refractivity contribution is 5.24. The van der Waals surface area contributed by atoms with Gasteiger partial charge in [0.05, 0.1) is 50.8 Å². The van der Waals surface area contributed by atoms with Crippen molar-refractivity contribution in [3.63, 3.8) is 0 Å². The molecule has 0 spiro atoms. The first-order chi connectivity index (χ1) is 12.6. The number of allylic oxidation sites excluding steroid dienone is 4. The fourth-order valence-electron chi connectivity index (χ4n) is 5.53. The monoisotopic (exact) mass is 360 g/mol. The average Bonchev–Trinajstić information content (AvgIpc) is 3.44. The molecule has 0 amide bonds. The topological polar surface area (TPSA) is 50.1 Å². The third-order valence-electron chi connectivity index (χ3n) is 7.64. The molecule has 4 saturated heterocycles. The molecule has 5 aliphatic rings. The normalized spacial score (nSPS) is 45.8. The molecule has 0 radical (unpaired) electrons. The molecule has 0 aromatic heterocycles. The van der Waals surface area contributed by atoms with Crippen LogP contribution in [-0.2, 0) is 18.9 Å². The molecule has 6 unspecified atom stereocenters. The number of ether oxygens (including phenoxy) is 4. The second-order valence-corrected chi connectivity index (χ2v) is 9.37. The van der Waals surface area contributed by atoms with Crippen molar-refractivity contribution in [2.75, 3.05) is 26.4 Å². The standard InChI is InChI=1S/C22H32O4/c1-15-5-3-4-6-21(15,2)22(9-19-13-25-19,10-20-14-26-20)16(7-17-11-23-17)8-18-12-24-18/h3-6,15-20H,7-14H2,1-2H3. The zero-order valence-electron chi connectivity index (χ0n) is 16.1. The molecule has 0 N–H and O–H groups in total. The Bertz CT molecular complexity index is 555. The fraction of sp³-hybridized carbons (Fsp3) is 0.818. The van der Waals surface area contributed by atoms with Crippen LogP contribution in [0.15, 0.2) is 24.3 Å². The zero-order valence-corrected chi connectivity index (χ0v) is 16.1. The van der Waals surface area contributed by atoms with Crippen LogP contribution in [0.25, 0.3) is 0 Å². The summed E-state index contributed by atoms with van der Waals surface area (Å²) in [5, 5.41) is 0. The smallest absolute Gasteiger partial charge is 0.0815 e. The van der Waals surface area contributed by atoms with Crippen LogP contribution in [0, 0.1) is 22.7 Å². The molecule has 26 heavy (non-hydrogen) atoms. The fourth-order valence-corrected chi connectivity index (χ4v) is 5.53. The van der Waals surface area contributed by atoms with Gasteiger partial charge in [-0.1, -0.05) is 38.2 Å². The SMILES string of the molecule is CC1C=CC=CC1(C)C(CC1CO1)(CC1CO1)C(CC1CO1)CC1CO1. The van der Waals surface area contributed by atoms with Crippen molar-refractivity contribution >= 4 is 0 Å². The van der Waals surface area contributed by atoms with E-state index in [2.05, 4.69) is 38.2 Å². The molecule has 0 aromatic carbocycles. The third kappa shape index (κ3) is 3.42. The van der Waals surface area contributed by atoms with Gasteiger partial charge in [0.2, 0.25) is 0 Å². The summed E-state index contributed by atoms with van der Waals surface area (Å²) in [5.41, 5.74) is 0.266. The maximum absolute atomic E-state index is 5.78. The third-order valence-corrected chi connectivity index (χ3v) is 7.64. The Morgan fingerprint density at radius 3 is 1.81 bits per heavy atom. The van der Waals surface area contributed by atoms with Crippen molar-refractivity contribution < 1.29 is 18.9 Å². The first kappa shape index (κ1) is 17.4. The average molecular weight is 360 g/mol. The van der Waals surface area contributed by atoms with Gasteiger partial charge in [-0.3, -0.25) is 0 Å². The van der Waals surface area contributed by atoms with Gasteiger partial charge in [0.15, 0.2) is 0 Å². The number of epoxide rings is 4. The minimum Gasteiger partial charge on any atom is -0.373 e. The van der Waals surface area contributed by atoms with Crippen LogP contribution in [0.1, 0.15) is 39.5 Å². The van der Waals surface area contributed by atoms with Crippen molar-refractivity contribution in [2.45, 2.75) is 63.9 Å². The lowest BCUT2D eigenvalue weighted by Gasteiger charge is -2.55. The molecule has 0 aromatic rings. The predicted octanol–water partition coefficient (Wildman–Crippen LogP) is 3.51. The molecule has 4 fully saturated rings. The largest absolute Gasteiger partial charge is 0.373 e. The van der Waals surface area contributed by atoms with Gasteiger partial charge in [-0.15, -0.1) is 0 Å². The first-order valence-corrected chi connectivity index (χ1v) is 10.4. The van der Waals surface area contributed by atoms with E-state index in [-0.39, 0.29) is 10.8 Å². The van der Waals surface area contributed by atoms with Crippen molar-refractivity contribution in [2.24, 2.45) is 22.7 Å². The lowest BCUT2D eigenvalue weighted by Crippen LogP contribution is -2.51. The van der Waals surface area contributed by atoms with E-state index >= 15 is 0 Å². The van der Waals surface area contributed by atoms with Gasteiger partial charge in [0.25, 0.3) is 0 Å². The second kappa shape index (κ2) is 6.44. The maximum Gasteiger partial charge on any atom is 0.0815 e. The summed E-state index contributed by atoms with van der Waals surface area (Å²) in [6.45, 7) is 8.57. The van der Waals surface area contributed by atoms with E-state index in [1.807, 2.05) is 0 Å². The Morgan fingerprint density at radius 1 is 0.885 bits per heavy atom. The summed E-state index contributed by atoms with van der Waals surface area (Å²) in [5.74, 6) is 1.09. The van der Waals surface area contributed by atoms with Crippen LogP contribution in [-0.4, -0.2) is 50.8 Å². The van der Waals surface area contributed by atoms with E-state index in [9.17, 15) is 0 Å². The highest BCUT2D eigenvalue weighted by Crippen LogP contribution is 2.62. The van der Waals surface area contributed by atoms with Crippen molar-refractivity contribution in [1.82, 2.24) is 0 Å². The summed E-state index contributed by atoms with van der Waals surface area (Å²) < 4.78 is 22.9. The van der Waals surface area contributed by atoms with Gasteiger partial charge < -0.3 is 18.9 Å². The van der Waals surface area contributed by atoms with Gasteiger partial charge in [0.1, 0.15) is 0 Å². The van der Waals surface area contributed by atoms with Crippen LogP contribution < -0.4 is 0 Å². The highest BCUT2D eigenvalue weighted by Gasteiger charge is 2.59. The van der Waals surface area contributed by atoms with Crippen LogP contribution in [0.2, 0.25) is 0 Å². The highest BCUT2D eigenvalue weighted by atomic mass is 16.6. The summed E-state index contributed by atoms with van der Waals surface area (Å²) in [6, 6.07) is 0. The Morgan fingerprint density at radius 2 is 1.38 bits per heavy atom. The Hall–Kier alpha value is -0.680. The van der Waals surface area contributed by atoms with E-state index in [1.54, 1.807) is 0 Å². The Labute approximate surface area is 156 Å². The molecule has 0 saturated carbocycles. The van der Waals surface area contributed by atoms with Crippen molar-refractivity contribution in [3.8, 4) is 0 Å². The number of rotatable bonds is 10. The van der Waals surface area contributed by atoms with Crippen LogP contribution in [0.5, 0.6) is 0 Å². The molecule has 6 atom stereocenters. The molecule has 0 bridgehead atoms. The molecular weight excluding hydrogens is 328 g/mol. The lowest BCUT2D eigenvalue weighted by atomic mass is 9.48. The van der Waals surface area contributed by atoms with Gasteiger partial charge in [-0.05, 0) is 48.3 Å². The van der Waals surface area contributed by atoms with E-state index in [0.29, 0.717) is 36.3 Å². The lowest BCUT2D eigenvalue weighted by molar-refractivity contribution is -0.0433. The van der Waals surface area contributed by atoms with Gasteiger partial charge in [-0.2, -0.15) is 0 Å². The van der Waals surface area contributed by atoms with Gasteiger partial charge in [0, 0.05) is 0 Å². The van der Waals surface area contributed by atoms with Crippen LogP contribution in [0.3, 0.4) is 0 Å². The molecule has 4 heteroatoms. The van der Waals surface area contributed by atoms with Gasteiger partial charge >= 0.3 is 0 Å². The Kier molecular flexibility index (Phi) is 4.31. The van der Waals surface area contributed by atoms with E-state index in [4.69, 9.17) is 18.9 Å². The van der Waals surface area contributed by atoms with Gasteiger partial charge in [-0.25, -0.2) is 0 Å². The molecule has 4 heterocycles. The van der Waals surface area contributed by atoms with Crippen molar-refractivity contribution in [1.29, 1.82) is 0 Å². The summed E-state index contributed by atoms with van der Waals surface area (Å²) >= 11 is 0. The molecule has 144 valence electrons. The summed E-state index contributed by atoms with van der Waals surface area (Å²) in [4.78, 5) is 0. The van der Waals surface area contributed by atoms with E-state index < -0.39 is 0 Å². The van der Waals surface area contributed by atoms with E-state index in [1.165, 1.54) is 0 Å². The number of hydrogen-bond donors (Lipinski definition) is 0. The molecular formula is C22H32O4. The minimum atomic E-state index is 0.105. The quantitative estimate of drug-likeness (QED) is 0.560. The predicted molar refractivity (Wildman–Crippen MR) is 98.9 cm³/mol. The van der Waals surface area contributed by atoms with E-state index in [0.717, 1.165) is 52.1 Å². The van der Waals surface area contributed by atoms with Crippen LogP contribution >= 0.6 is 0 Å². The zero-order chi connectivity index (χ0) is 17.8. The summed E-state index contributed by atoms with van der Waals surface area (Å²) in [6.07, 6.45) is 15.6. The Balaban J connectivity index is 1.53. The maximum atomic E-state index is 5.78. The minimum absolute atomic E-state index is 0.105. The second-order valence-electron chi connectivity index (χ2n) is 9.37.